The molecule has 0 aliphatic heterocycles. The Bertz CT molecular complexity index is 1040. The Hall–Kier alpha value is -2.30. The first-order valence-corrected chi connectivity index (χ1v) is 10.9. The SMILES string of the molecule is CCn1c(S/C(=C\c2ccc(Br)s2)C(=O)O)nnc1-c1cc(OC)cc(OC)c1. The van der Waals surface area contributed by atoms with Gasteiger partial charge < -0.3 is 19.1 Å². The molecule has 0 fully saturated rings. The van der Waals surface area contributed by atoms with Crippen molar-refractivity contribution in [2.75, 3.05) is 14.2 Å². The fourth-order valence-corrected chi connectivity index (χ4v) is 4.89. The number of carboxylic acid groups (broad SMARTS) is 1. The molecule has 3 rings (SSSR count). The number of aromatic nitrogens is 3. The first kappa shape index (κ1) is 21.4. The molecule has 0 spiro atoms. The number of ether oxygens (including phenoxy) is 2. The third-order valence-corrected chi connectivity index (χ3v) is 6.49. The van der Waals surface area contributed by atoms with Crippen molar-refractivity contribution in [3.05, 3.63) is 43.9 Å². The summed E-state index contributed by atoms with van der Waals surface area (Å²) in [5.41, 5.74) is 0.769. The van der Waals surface area contributed by atoms with Gasteiger partial charge in [-0.05, 0) is 65.0 Å². The summed E-state index contributed by atoms with van der Waals surface area (Å²) in [5.74, 6) is 0.854. The third kappa shape index (κ3) is 5.01. The van der Waals surface area contributed by atoms with E-state index in [0.717, 1.165) is 26.0 Å². The van der Waals surface area contributed by atoms with Gasteiger partial charge in [0, 0.05) is 23.1 Å². The number of nitrogens with zero attached hydrogens (tertiary/aromatic N) is 3. The zero-order valence-electron chi connectivity index (χ0n) is 15.9. The largest absolute Gasteiger partial charge is 0.497 e. The normalized spacial score (nSPS) is 11.5. The highest BCUT2D eigenvalue weighted by molar-refractivity contribution is 9.11. The van der Waals surface area contributed by atoms with E-state index in [-0.39, 0.29) is 4.91 Å². The maximum atomic E-state index is 11.8. The molecule has 0 aliphatic carbocycles. The molecule has 0 amide bonds. The molecule has 0 aliphatic rings. The Morgan fingerprint density at radius 3 is 2.45 bits per heavy atom. The van der Waals surface area contributed by atoms with E-state index >= 15 is 0 Å². The van der Waals surface area contributed by atoms with Gasteiger partial charge in [-0.25, -0.2) is 4.79 Å². The van der Waals surface area contributed by atoms with Gasteiger partial charge in [0.15, 0.2) is 11.0 Å². The summed E-state index contributed by atoms with van der Waals surface area (Å²) < 4.78 is 13.5. The van der Waals surface area contributed by atoms with E-state index in [4.69, 9.17) is 9.47 Å². The van der Waals surface area contributed by atoms with Crippen molar-refractivity contribution in [3.8, 4) is 22.9 Å². The van der Waals surface area contributed by atoms with Crippen LogP contribution in [0.5, 0.6) is 11.5 Å². The molecular formula is C19H18BrN3O4S2. The van der Waals surface area contributed by atoms with Crippen molar-refractivity contribution in [2.45, 2.75) is 18.6 Å². The van der Waals surface area contributed by atoms with Gasteiger partial charge in [-0.1, -0.05) is 0 Å². The molecule has 0 saturated carbocycles. The van der Waals surface area contributed by atoms with Crippen molar-refractivity contribution >= 4 is 51.1 Å². The highest BCUT2D eigenvalue weighted by Gasteiger charge is 2.19. The molecule has 0 radical (unpaired) electrons. The number of benzene rings is 1. The highest BCUT2D eigenvalue weighted by atomic mass is 79.9. The number of methoxy groups -OCH3 is 2. The van der Waals surface area contributed by atoms with Crippen molar-refractivity contribution in [1.82, 2.24) is 14.8 Å². The molecule has 2 aromatic heterocycles. The summed E-state index contributed by atoms with van der Waals surface area (Å²) >= 11 is 5.91. The Labute approximate surface area is 184 Å². The smallest absolute Gasteiger partial charge is 0.342 e. The second kappa shape index (κ2) is 9.47. The standard InChI is InChI=1S/C19H18BrN3O4S2/c1-4-23-17(11-7-12(26-2)9-13(8-11)27-3)21-22-19(23)29-15(18(24)25)10-14-5-6-16(20)28-14/h5-10H,4H2,1-3H3,(H,24,25)/b15-10-. The van der Waals surface area contributed by atoms with Crippen molar-refractivity contribution in [2.24, 2.45) is 0 Å². The zero-order chi connectivity index (χ0) is 21.0. The fourth-order valence-electron chi connectivity index (χ4n) is 2.57. The molecule has 0 saturated heterocycles. The maximum Gasteiger partial charge on any atom is 0.342 e. The second-order valence-corrected chi connectivity index (χ2v) is 9.21. The van der Waals surface area contributed by atoms with Gasteiger partial charge in [0.2, 0.25) is 0 Å². The molecule has 0 bridgehead atoms. The van der Waals surface area contributed by atoms with E-state index in [2.05, 4.69) is 26.1 Å². The number of rotatable bonds is 8. The molecule has 3 aromatic rings. The number of thiophene rings is 1. The van der Waals surface area contributed by atoms with Crippen LogP contribution in [0.1, 0.15) is 11.8 Å². The Kier molecular flexibility index (Phi) is 6.99. The summed E-state index contributed by atoms with van der Waals surface area (Å²) in [4.78, 5) is 12.8. The second-order valence-electron chi connectivity index (χ2n) is 5.71. The van der Waals surface area contributed by atoms with Crippen LogP contribution < -0.4 is 9.47 Å². The van der Waals surface area contributed by atoms with Crippen LogP contribution in [0.4, 0.5) is 0 Å². The van der Waals surface area contributed by atoms with E-state index < -0.39 is 5.97 Å². The maximum absolute atomic E-state index is 11.8. The summed E-state index contributed by atoms with van der Waals surface area (Å²) in [6.07, 6.45) is 1.63. The van der Waals surface area contributed by atoms with Crippen LogP contribution in [0.3, 0.4) is 0 Å². The summed E-state index contributed by atoms with van der Waals surface area (Å²) in [6.45, 7) is 2.52. The summed E-state index contributed by atoms with van der Waals surface area (Å²) in [6, 6.07) is 9.19. The quantitative estimate of drug-likeness (QED) is 0.346. The Balaban J connectivity index is 1.99. The highest BCUT2D eigenvalue weighted by Crippen LogP contribution is 2.34. The lowest BCUT2D eigenvalue weighted by Gasteiger charge is -2.10. The van der Waals surface area contributed by atoms with E-state index in [0.29, 0.717) is 29.0 Å². The Morgan fingerprint density at radius 1 is 1.24 bits per heavy atom. The number of aliphatic carboxylic acids is 1. The predicted molar refractivity (Wildman–Crippen MR) is 118 cm³/mol. The van der Waals surface area contributed by atoms with Gasteiger partial charge in [0.1, 0.15) is 16.4 Å². The van der Waals surface area contributed by atoms with Gasteiger partial charge in [-0.15, -0.1) is 21.5 Å². The van der Waals surface area contributed by atoms with Gasteiger partial charge in [0.05, 0.1) is 18.0 Å². The van der Waals surface area contributed by atoms with Crippen LogP contribution in [0.25, 0.3) is 17.5 Å². The fraction of sp³-hybridized carbons (Fsp3) is 0.211. The molecule has 2 heterocycles. The lowest BCUT2D eigenvalue weighted by Crippen LogP contribution is -2.03. The number of hydrogen-bond donors (Lipinski definition) is 1. The van der Waals surface area contributed by atoms with Crippen LogP contribution in [0.2, 0.25) is 0 Å². The minimum atomic E-state index is -1.02. The van der Waals surface area contributed by atoms with Gasteiger partial charge >= 0.3 is 5.97 Å². The number of carboxylic acids is 1. The number of thioether (sulfide) groups is 1. The van der Waals surface area contributed by atoms with Crippen molar-refractivity contribution < 1.29 is 19.4 Å². The van der Waals surface area contributed by atoms with Gasteiger partial charge in [-0.2, -0.15) is 0 Å². The van der Waals surface area contributed by atoms with Crippen molar-refractivity contribution in [1.29, 1.82) is 0 Å². The first-order chi connectivity index (χ1) is 13.9. The van der Waals surface area contributed by atoms with E-state index in [1.54, 1.807) is 26.4 Å². The molecule has 152 valence electrons. The average molecular weight is 496 g/mol. The van der Waals surface area contributed by atoms with E-state index in [1.165, 1.54) is 11.3 Å². The third-order valence-electron chi connectivity index (χ3n) is 3.92. The van der Waals surface area contributed by atoms with Gasteiger partial charge in [0.25, 0.3) is 0 Å². The summed E-state index contributed by atoms with van der Waals surface area (Å²) in [5, 5.41) is 18.6. The monoisotopic (exact) mass is 495 g/mol. The molecule has 0 unspecified atom stereocenters. The van der Waals surface area contributed by atoms with Crippen LogP contribution in [0.15, 0.2) is 44.2 Å². The molecular weight excluding hydrogens is 478 g/mol. The first-order valence-electron chi connectivity index (χ1n) is 8.50. The van der Waals surface area contributed by atoms with Crippen molar-refractivity contribution in [3.63, 3.8) is 0 Å². The number of hydrogen-bond acceptors (Lipinski definition) is 7. The molecule has 0 atom stereocenters. The van der Waals surface area contributed by atoms with Crippen LogP contribution in [0, 0.1) is 0 Å². The molecule has 7 nitrogen and oxygen atoms in total. The van der Waals surface area contributed by atoms with Crippen LogP contribution in [-0.2, 0) is 11.3 Å². The van der Waals surface area contributed by atoms with Gasteiger partial charge in [-0.3, -0.25) is 0 Å². The topological polar surface area (TPSA) is 86.5 Å². The predicted octanol–water partition coefficient (Wildman–Crippen LogP) is 5.02. The lowest BCUT2D eigenvalue weighted by atomic mass is 10.2. The minimum absolute atomic E-state index is 0.163. The molecule has 10 heteroatoms. The Morgan fingerprint density at radius 2 is 1.93 bits per heavy atom. The zero-order valence-corrected chi connectivity index (χ0v) is 19.1. The number of carbonyl (C=O) groups is 1. The van der Waals surface area contributed by atoms with Crippen LogP contribution in [-0.4, -0.2) is 40.1 Å². The molecule has 29 heavy (non-hydrogen) atoms. The van der Waals surface area contributed by atoms with Crippen LogP contribution >= 0.6 is 39.0 Å². The van der Waals surface area contributed by atoms with E-state index in [9.17, 15) is 9.90 Å². The summed E-state index contributed by atoms with van der Waals surface area (Å²) in [7, 11) is 3.16. The molecule has 1 N–H and O–H groups in total. The lowest BCUT2D eigenvalue weighted by molar-refractivity contribution is -0.131. The van der Waals surface area contributed by atoms with E-state index in [1.807, 2.05) is 35.8 Å². The number of halogens is 1. The minimum Gasteiger partial charge on any atom is -0.497 e. The molecule has 1 aromatic carbocycles. The average Bonchev–Trinajstić information content (AvgIpc) is 3.32.